The summed E-state index contributed by atoms with van der Waals surface area (Å²) < 4.78 is 10.7. The maximum Gasteiger partial charge on any atom is 0.230 e. The SMILES string of the molecule is COc1ccc(OC)c(-c2csc(NC(=O)Cc3ccc(Cl)cc3)n2)c1. The number of anilines is 1. The Morgan fingerprint density at radius 3 is 2.62 bits per heavy atom. The predicted octanol–water partition coefficient (Wildman–Crippen LogP) is 4.66. The smallest absolute Gasteiger partial charge is 0.230 e. The summed E-state index contributed by atoms with van der Waals surface area (Å²) in [5.74, 6) is 1.27. The quantitative estimate of drug-likeness (QED) is 0.667. The Morgan fingerprint density at radius 2 is 1.92 bits per heavy atom. The summed E-state index contributed by atoms with van der Waals surface area (Å²) in [4.78, 5) is 16.7. The number of thiazole rings is 1. The van der Waals surface area contributed by atoms with Crippen LogP contribution in [-0.4, -0.2) is 25.1 Å². The van der Waals surface area contributed by atoms with Crippen LogP contribution >= 0.6 is 22.9 Å². The fraction of sp³-hybridized carbons (Fsp3) is 0.158. The minimum atomic E-state index is -0.133. The Balaban J connectivity index is 1.73. The molecule has 1 aromatic heterocycles. The number of hydrogen-bond acceptors (Lipinski definition) is 5. The molecule has 7 heteroatoms. The first-order chi connectivity index (χ1) is 12.6. The zero-order chi connectivity index (χ0) is 18.5. The fourth-order valence-corrected chi connectivity index (χ4v) is 3.27. The first kappa shape index (κ1) is 18.2. The zero-order valence-corrected chi connectivity index (χ0v) is 15.9. The second-order valence-electron chi connectivity index (χ2n) is 5.46. The highest BCUT2D eigenvalue weighted by Gasteiger charge is 2.13. The summed E-state index contributed by atoms with van der Waals surface area (Å²) in [5, 5.41) is 5.87. The Kier molecular flexibility index (Phi) is 5.75. The number of halogens is 1. The van der Waals surface area contributed by atoms with Gasteiger partial charge in [-0.05, 0) is 35.9 Å². The third kappa shape index (κ3) is 4.33. The summed E-state index contributed by atoms with van der Waals surface area (Å²) in [7, 11) is 3.21. The van der Waals surface area contributed by atoms with Crippen molar-refractivity contribution >= 4 is 34.0 Å². The van der Waals surface area contributed by atoms with E-state index in [0.717, 1.165) is 11.1 Å². The van der Waals surface area contributed by atoms with Crippen LogP contribution in [0.15, 0.2) is 47.8 Å². The molecule has 134 valence electrons. The van der Waals surface area contributed by atoms with Gasteiger partial charge in [-0.2, -0.15) is 0 Å². The fourth-order valence-electron chi connectivity index (χ4n) is 2.42. The average molecular weight is 389 g/mol. The molecule has 0 aliphatic carbocycles. The lowest BCUT2D eigenvalue weighted by molar-refractivity contribution is -0.115. The topological polar surface area (TPSA) is 60.5 Å². The number of nitrogens with one attached hydrogen (secondary N) is 1. The summed E-state index contributed by atoms with van der Waals surface area (Å²) >= 11 is 7.22. The molecule has 26 heavy (non-hydrogen) atoms. The van der Waals surface area contributed by atoms with E-state index in [9.17, 15) is 4.79 Å². The number of carbonyl (C=O) groups excluding carboxylic acids is 1. The molecular weight excluding hydrogens is 372 g/mol. The van der Waals surface area contributed by atoms with Gasteiger partial charge in [0.2, 0.25) is 5.91 Å². The summed E-state index contributed by atoms with van der Waals surface area (Å²) in [6, 6.07) is 12.7. The van der Waals surface area contributed by atoms with Gasteiger partial charge in [-0.25, -0.2) is 4.98 Å². The van der Waals surface area contributed by atoms with Gasteiger partial charge >= 0.3 is 0 Å². The van der Waals surface area contributed by atoms with Crippen molar-refractivity contribution in [2.24, 2.45) is 0 Å². The van der Waals surface area contributed by atoms with Crippen molar-refractivity contribution in [2.45, 2.75) is 6.42 Å². The minimum Gasteiger partial charge on any atom is -0.497 e. The normalized spacial score (nSPS) is 10.4. The molecule has 0 unspecified atom stereocenters. The van der Waals surface area contributed by atoms with Gasteiger partial charge in [0.15, 0.2) is 5.13 Å². The lowest BCUT2D eigenvalue weighted by Crippen LogP contribution is -2.14. The summed E-state index contributed by atoms with van der Waals surface area (Å²) in [6.07, 6.45) is 0.258. The molecular formula is C19H17ClN2O3S. The number of aromatic nitrogens is 1. The highest BCUT2D eigenvalue weighted by Crippen LogP contribution is 2.35. The molecule has 0 atom stereocenters. The van der Waals surface area contributed by atoms with Gasteiger partial charge in [-0.15, -0.1) is 11.3 Å². The first-order valence-electron chi connectivity index (χ1n) is 7.81. The number of nitrogens with zero attached hydrogens (tertiary/aromatic N) is 1. The van der Waals surface area contributed by atoms with E-state index in [-0.39, 0.29) is 12.3 Å². The number of methoxy groups -OCH3 is 2. The number of amides is 1. The van der Waals surface area contributed by atoms with E-state index >= 15 is 0 Å². The van der Waals surface area contributed by atoms with Gasteiger partial charge < -0.3 is 14.8 Å². The van der Waals surface area contributed by atoms with Crippen molar-refractivity contribution in [1.29, 1.82) is 0 Å². The number of rotatable bonds is 6. The molecule has 0 aliphatic heterocycles. The lowest BCUT2D eigenvalue weighted by Gasteiger charge is -2.08. The molecule has 5 nitrogen and oxygen atoms in total. The van der Waals surface area contributed by atoms with Crippen LogP contribution in [0, 0.1) is 0 Å². The zero-order valence-electron chi connectivity index (χ0n) is 14.3. The van der Waals surface area contributed by atoms with Gasteiger partial charge in [0, 0.05) is 16.0 Å². The van der Waals surface area contributed by atoms with E-state index < -0.39 is 0 Å². The minimum absolute atomic E-state index is 0.133. The van der Waals surface area contributed by atoms with E-state index in [4.69, 9.17) is 21.1 Å². The van der Waals surface area contributed by atoms with Gasteiger partial charge in [-0.3, -0.25) is 4.79 Å². The van der Waals surface area contributed by atoms with Crippen LogP contribution < -0.4 is 14.8 Å². The van der Waals surface area contributed by atoms with Crippen LogP contribution in [0.2, 0.25) is 5.02 Å². The van der Waals surface area contributed by atoms with E-state index in [0.29, 0.717) is 27.3 Å². The van der Waals surface area contributed by atoms with Crippen molar-refractivity contribution in [3.63, 3.8) is 0 Å². The highest BCUT2D eigenvalue weighted by atomic mass is 35.5. The van der Waals surface area contributed by atoms with Crippen molar-refractivity contribution < 1.29 is 14.3 Å². The molecule has 2 aromatic carbocycles. The maximum absolute atomic E-state index is 12.2. The van der Waals surface area contributed by atoms with Gasteiger partial charge in [0.1, 0.15) is 11.5 Å². The van der Waals surface area contributed by atoms with E-state index in [2.05, 4.69) is 10.3 Å². The molecule has 3 aromatic rings. The van der Waals surface area contributed by atoms with E-state index in [1.807, 2.05) is 35.7 Å². The Labute approximate surface area is 160 Å². The molecule has 0 bridgehead atoms. The van der Waals surface area contributed by atoms with Gasteiger partial charge in [0.05, 0.1) is 26.3 Å². The molecule has 1 amide bonds. The van der Waals surface area contributed by atoms with Gasteiger partial charge in [0.25, 0.3) is 0 Å². The van der Waals surface area contributed by atoms with Crippen LogP contribution in [0.4, 0.5) is 5.13 Å². The number of hydrogen-bond donors (Lipinski definition) is 1. The summed E-state index contributed by atoms with van der Waals surface area (Å²) in [6.45, 7) is 0. The monoisotopic (exact) mass is 388 g/mol. The van der Waals surface area contributed by atoms with Crippen LogP contribution in [0.25, 0.3) is 11.3 Å². The third-order valence-electron chi connectivity index (χ3n) is 3.71. The first-order valence-corrected chi connectivity index (χ1v) is 9.07. The second kappa shape index (κ2) is 8.21. The van der Waals surface area contributed by atoms with Crippen LogP contribution in [0.3, 0.4) is 0 Å². The Bertz CT molecular complexity index is 909. The van der Waals surface area contributed by atoms with Crippen molar-refractivity contribution in [2.75, 3.05) is 19.5 Å². The molecule has 1 N–H and O–H groups in total. The number of benzene rings is 2. The molecule has 0 aliphatic rings. The standard InChI is InChI=1S/C19H17ClN2O3S/c1-24-14-7-8-17(25-2)15(10-14)16-11-26-19(21-16)22-18(23)9-12-3-5-13(20)6-4-12/h3-8,10-11H,9H2,1-2H3,(H,21,22,23). The van der Waals surface area contributed by atoms with Crippen LogP contribution in [0.5, 0.6) is 11.5 Å². The van der Waals surface area contributed by atoms with Gasteiger partial charge in [-0.1, -0.05) is 23.7 Å². The molecule has 0 saturated carbocycles. The largest absolute Gasteiger partial charge is 0.497 e. The Hall–Kier alpha value is -2.57. The number of ether oxygens (including phenoxy) is 2. The van der Waals surface area contributed by atoms with Crippen molar-refractivity contribution in [3.05, 3.63) is 58.4 Å². The predicted molar refractivity (Wildman–Crippen MR) is 104 cm³/mol. The molecule has 0 saturated heterocycles. The second-order valence-corrected chi connectivity index (χ2v) is 6.75. The van der Waals surface area contributed by atoms with E-state index in [1.54, 1.807) is 26.4 Å². The molecule has 0 radical (unpaired) electrons. The van der Waals surface area contributed by atoms with Crippen LogP contribution in [0.1, 0.15) is 5.56 Å². The lowest BCUT2D eigenvalue weighted by atomic mass is 10.1. The average Bonchev–Trinajstić information content (AvgIpc) is 3.11. The Morgan fingerprint density at radius 1 is 1.15 bits per heavy atom. The molecule has 0 fully saturated rings. The van der Waals surface area contributed by atoms with Crippen molar-refractivity contribution in [1.82, 2.24) is 4.98 Å². The third-order valence-corrected chi connectivity index (χ3v) is 4.72. The number of carbonyl (C=O) groups is 1. The molecule has 0 spiro atoms. The van der Waals surface area contributed by atoms with E-state index in [1.165, 1.54) is 11.3 Å². The summed E-state index contributed by atoms with van der Waals surface area (Å²) in [5.41, 5.74) is 2.41. The van der Waals surface area contributed by atoms with Crippen LogP contribution in [-0.2, 0) is 11.2 Å². The maximum atomic E-state index is 12.2. The molecule has 1 heterocycles. The molecule has 3 rings (SSSR count). The van der Waals surface area contributed by atoms with Crippen molar-refractivity contribution in [3.8, 4) is 22.8 Å². The highest BCUT2D eigenvalue weighted by molar-refractivity contribution is 7.14.